The highest BCUT2D eigenvalue weighted by atomic mass is 16.5. The first kappa shape index (κ1) is 42.6. The lowest BCUT2D eigenvalue weighted by Gasteiger charge is -2.13. The molecule has 5 heterocycles. The van der Waals surface area contributed by atoms with Crippen LogP contribution in [0, 0.1) is 20.8 Å². The van der Waals surface area contributed by atoms with Gasteiger partial charge in [0.2, 0.25) is 29.3 Å². The van der Waals surface area contributed by atoms with Gasteiger partial charge in [-0.1, -0.05) is 38.1 Å². The first-order valence-corrected chi connectivity index (χ1v) is 20.2. The van der Waals surface area contributed by atoms with Crippen molar-refractivity contribution in [3.63, 3.8) is 0 Å². The minimum atomic E-state index is -0.714. The summed E-state index contributed by atoms with van der Waals surface area (Å²) in [6.07, 6.45) is 5.00. The smallest absolute Gasteiger partial charge is 0.376 e. The van der Waals surface area contributed by atoms with Gasteiger partial charge < -0.3 is 33.2 Å². The van der Waals surface area contributed by atoms with E-state index in [-0.39, 0.29) is 60.9 Å². The van der Waals surface area contributed by atoms with Gasteiger partial charge in [0.25, 0.3) is 11.8 Å². The van der Waals surface area contributed by atoms with E-state index in [2.05, 4.69) is 25.7 Å². The Bertz CT molecular complexity index is 2840. The molecule has 0 aliphatic heterocycles. The van der Waals surface area contributed by atoms with Crippen molar-refractivity contribution in [3.8, 4) is 5.75 Å². The third kappa shape index (κ3) is 8.96. The van der Waals surface area contributed by atoms with Crippen LogP contribution in [-0.2, 0) is 37.2 Å². The number of rotatable bonds is 18. The van der Waals surface area contributed by atoms with E-state index in [4.69, 9.17) is 34.0 Å². The number of aryl methyl sites for hydroxylation is 6. The lowest BCUT2D eigenvalue weighted by Crippen LogP contribution is -2.19. The fraction of sp³-hybridized carbons (Fsp3) is 0.326. The van der Waals surface area contributed by atoms with Gasteiger partial charge in [-0.05, 0) is 57.0 Å². The third-order valence-electron chi connectivity index (χ3n) is 9.82. The molecule has 7 aromatic rings. The van der Waals surface area contributed by atoms with Crippen molar-refractivity contribution >= 4 is 57.7 Å². The number of hydrogen-bond acceptors (Lipinski definition) is 13. The monoisotopic (exact) mass is 845 g/mol. The number of carbonyl (C=O) groups is 4. The van der Waals surface area contributed by atoms with Crippen LogP contribution in [0.2, 0.25) is 0 Å². The van der Waals surface area contributed by atoms with Crippen LogP contribution in [0.15, 0.2) is 63.5 Å². The van der Waals surface area contributed by atoms with E-state index >= 15 is 0 Å². The molecule has 0 bridgehead atoms. The number of nitrogens with zero attached hydrogens (tertiary/aromatic N) is 8. The number of imidazole rings is 2. The number of nitrogens with one attached hydrogen (secondary N) is 2. The van der Waals surface area contributed by atoms with Crippen molar-refractivity contribution in [3.05, 3.63) is 106 Å². The van der Waals surface area contributed by atoms with Crippen LogP contribution in [0.5, 0.6) is 5.75 Å². The highest BCUT2D eigenvalue weighted by Crippen LogP contribution is 2.32. The molecule has 19 nitrogen and oxygen atoms in total. The lowest BCUT2D eigenvalue weighted by atomic mass is 10.1. The molecule has 0 radical (unpaired) electrons. The van der Waals surface area contributed by atoms with E-state index < -0.39 is 17.8 Å². The average Bonchev–Trinajstić information content (AvgIpc) is 4.08. The Kier molecular flexibility index (Phi) is 12.6. The largest absolute Gasteiger partial charge is 0.491 e. The Morgan fingerprint density at radius 1 is 0.774 bits per heavy atom. The molecule has 0 aliphatic carbocycles. The molecular formula is C43H47N11O8. The predicted molar refractivity (Wildman–Crippen MR) is 227 cm³/mol. The minimum Gasteiger partial charge on any atom is -0.491 e. The lowest BCUT2D eigenvalue weighted by molar-refractivity contribution is 0.0446. The quantitative estimate of drug-likeness (QED) is 0.0502. The molecule has 0 saturated carbocycles. The molecule has 0 atom stereocenters. The van der Waals surface area contributed by atoms with E-state index in [1.54, 1.807) is 29.2 Å². The minimum absolute atomic E-state index is 0.00725. The molecule has 322 valence electrons. The summed E-state index contributed by atoms with van der Waals surface area (Å²) >= 11 is 0. The first-order chi connectivity index (χ1) is 29.9. The maximum Gasteiger partial charge on any atom is 0.376 e. The summed E-state index contributed by atoms with van der Waals surface area (Å²) < 4.78 is 28.0. The highest BCUT2D eigenvalue weighted by molar-refractivity contribution is 6.04. The number of para-hydroxylation sites is 2. The summed E-state index contributed by atoms with van der Waals surface area (Å²) in [5.74, 6) is -0.704. The maximum absolute atomic E-state index is 13.7. The third-order valence-corrected chi connectivity index (χ3v) is 9.82. The number of allylic oxidation sites excluding steroid dienone is 2. The van der Waals surface area contributed by atoms with Crippen molar-refractivity contribution in [1.82, 2.24) is 38.9 Å². The molecule has 4 N–H and O–H groups in total. The van der Waals surface area contributed by atoms with Gasteiger partial charge in [0.15, 0.2) is 11.8 Å². The second-order valence-electron chi connectivity index (χ2n) is 14.2. The van der Waals surface area contributed by atoms with Gasteiger partial charge in [-0.25, -0.2) is 24.7 Å². The van der Waals surface area contributed by atoms with Gasteiger partial charge in [0.05, 0.1) is 46.8 Å². The Balaban J connectivity index is 1.17. The van der Waals surface area contributed by atoms with Crippen molar-refractivity contribution in [2.45, 2.75) is 80.4 Å². The van der Waals surface area contributed by atoms with Gasteiger partial charge in [0.1, 0.15) is 17.0 Å². The van der Waals surface area contributed by atoms with Crippen LogP contribution in [0.1, 0.15) is 98.0 Å². The van der Waals surface area contributed by atoms with Crippen LogP contribution >= 0.6 is 0 Å². The summed E-state index contributed by atoms with van der Waals surface area (Å²) in [6.45, 7) is 11.8. The molecule has 0 aliphatic rings. The maximum atomic E-state index is 13.7. The van der Waals surface area contributed by atoms with Crippen molar-refractivity contribution in [2.75, 3.05) is 23.8 Å². The van der Waals surface area contributed by atoms with Gasteiger partial charge >= 0.3 is 5.97 Å². The van der Waals surface area contributed by atoms with E-state index in [0.29, 0.717) is 77.3 Å². The predicted octanol–water partition coefficient (Wildman–Crippen LogP) is 6.11. The van der Waals surface area contributed by atoms with Gasteiger partial charge in [-0.15, -0.1) is 0 Å². The zero-order valence-corrected chi connectivity index (χ0v) is 35.3. The zero-order chi connectivity index (χ0) is 44.1. The van der Waals surface area contributed by atoms with Crippen molar-refractivity contribution in [1.29, 1.82) is 0 Å². The fourth-order valence-corrected chi connectivity index (χ4v) is 6.99. The fourth-order valence-electron chi connectivity index (χ4n) is 6.99. The number of anilines is 2. The zero-order valence-electron chi connectivity index (χ0n) is 35.3. The molecule has 2 aromatic carbocycles. The summed E-state index contributed by atoms with van der Waals surface area (Å²) in [4.78, 5) is 70.4. The Labute approximate surface area is 355 Å². The average molecular weight is 846 g/mol. The number of aromatic nitrogens is 8. The second kappa shape index (κ2) is 18.4. The van der Waals surface area contributed by atoms with E-state index in [1.165, 1.54) is 12.1 Å². The van der Waals surface area contributed by atoms with E-state index in [9.17, 15) is 19.2 Å². The summed E-state index contributed by atoms with van der Waals surface area (Å²) in [5, 5.41) is 10.2. The standard InChI is InChI=1S/C43H47N11O8/c1-7-28-36(61-25(5)45-28)40(57)50-43-48-31-22-27(38(44)55)23-34(59-19-14-20-60-41(58)37-29(8-2)46-26(6)62-37)35(31)53(43)18-13-12-17-52-32-16-11-10-15-30(32)47-42(52)49-39(56)33-21-24(4)51-54(33)9-3/h10-13,15-16,21-23H,7-9,14,17-20H2,1-6H3,(H2,44,55)(H,47,49,56)(H,48,50,57)/b13-12+. The molecule has 0 unspecified atom stereocenters. The summed E-state index contributed by atoms with van der Waals surface area (Å²) in [7, 11) is 0. The molecule has 0 saturated heterocycles. The Morgan fingerprint density at radius 2 is 1.42 bits per heavy atom. The van der Waals surface area contributed by atoms with Crippen molar-refractivity contribution < 1.29 is 37.5 Å². The SMILES string of the molecule is CCc1nc(C)oc1C(=O)Nc1nc2cc(C(N)=O)cc(OCCCOC(=O)c3oc(C)nc3CC)c2n1C/C=C/Cn1c(NC(=O)c2cc(C)nn2CC)nc2ccccc21. The second-order valence-corrected chi connectivity index (χ2v) is 14.2. The van der Waals surface area contributed by atoms with E-state index in [0.717, 1.165) is 11.2 Å². The summed E-state index contributed by atoms with van der Waals surface area (Å²) in [5.41, 5.74) is 10.3. The topological polar surface area (TPSA) is 242 Å². The number of benzene rings is 2. The molecule has 0 spiro atoms. The molecule has 0 fully saturated rings. The van der Waals surface area contributed by atoms with Crippen LogP contribution in [0.3, 0.4) is 0 Å². The van der Waals surface area contributed by atoms with Crippen LogP contribution in [-0.4, -0.2) is 75.8 Å². The number of oxazole rings is 2. The number of fused-ring (bicyclic) bond motifs is 2. The number of hydrogen-bond donors (Lipinski definition) is 3. The number of esters is 1. The van der Waals surface area contributed by atoms with Crippen LogP contribution in [0.25, 0.3) is 22.1 Å². The number of nitrogens with two attached hydrogens (primary N) is 1. The van der Waals surface area contributed by atoms with E-state index in [1.807, 2.05) is 68.7 Å². The number of amides is 3. The van der Waals surface area contributed by atoms with Gasteiger partial charge in [-0.2, -0.15) is 5.10 Å². The molecule has 5 aromatic heterocycles. The van der Waals surface area contributed by atoms with Gasteiger partial charge in [0, 0.05) is 45.5 Å². The molecule has 19 heteroatoms. The summed E-state index contributed by atoms with van der Waals surface area (Å²) in [6, 6.07) is 12.3. The first-order valence-electron chi connectivity index (χ1n) is 20.2. The number of primary amides is 1. The molecule has 7 rings (SSSR count). The highest BCUT2D eigenvalue weighted by Gasteiger charge is 2.24. The molecule has 62 heavy (non-hydrogen) atoms. The Morgan fingerprint density at radius 3 is 2.13 bits per heavy atom. The number of ether oxygens (including phenoxy) is 2. The number of carbonyl (C=O) groups excluding carboxylic acids is 4. The van der Waals surface area contributed by atoms with Gasteiger partial charge in [-0.3, -0.25) is 29.7 Å². The van der Waals surface area contributed by atoms with Crippen molar-refractivity contribution in [2.24, 2.45) is 5.73 Å². The van der Waals surface area contributed by atoms with Crippen LogP contribution < -0.4 is 21.1 Å². The van der Waals surface area contributed by atoms with Crippen LogP contribution in [0.4, 0.5) is 11.9 Å². The molecule has 3 amide bonds. The normalized spacial score (nSPS) is 11.5. The molecular weight excluding hydrogens is 799 g/mol. The Hall–Kier alpha value is -7.57.